The highest BCUT2D eigenvalue weighted by Crippen LogP contribution is 2.29. The lowest BCUT2D eigenvalue weighted by molar-refractivity contribution is -0.137. The van der Waals surface area contributed by atoms with Gasteiger partial charge >= 0.3 is 6.18 Å². The number of hydrogen-bond acceptors (Lipinski definition) is 2. The summed E-state index contributed by atoms with van der Waals surface area (Å²) >= 11 is 11.9. The summed E-state index contributed by atoms with van der Waals surface area (Å²) in [6.07, 6.45) is -2.84. The van der Waals surface area contributed by atoms with Crippen molar-refractivity contribution in [2.24, 2.45) is 5.92 Å². The second-order valence-electron chi connectivity index (χ2n) is 7.46. The van der Waals surface area contributed by atoms with Crippen molar-refractivity contribution in [3.63, 3.8) is 0 Å². The van der Waals surface area contributed by atoms with Gasteiger partial charge in [-0.2, -0.15) is 13.2 Å². The zero-order valence-electron chi connectivity index (χ0n) is 16.5. The van der Waals surface area contributed by atoms with E-state index in [-0.39, 0.29) is 23.3 Å². The summed E-state index contributed by atoms with van der Waals surface area (Å²) in [5, 5.41) is 3.98. The smallest absolute Gasteiger partial charge is 0.356 e. The molecule has 3 rings (SSSR count). The van der Waals surface area contributed by atoms with Gasteiger partial charge in [-0.15, -0.1) is 0 Å². The molecular formula is C22H21Cl2F3N2O2. The van der Waals surface area contributed by atoms with Crippen LogP contribution in [-0.2, 0) is 17.4 Å². The Balaban J connectivity index is 1.46. The number of rotatable bonds is 5. The minimum atomic E-state index is -4.44. The summed E-state index contributed by atoms with van der Waals surface area (Å²) < 4.78 is 38.0. The molecule has 0 radical (unpaired) electrons. The van der Waals surface area contributed by atoms with Gasteiger partial charge in [-0.25, -0.2) is 0 Å². The Morgan fingerprint density at radius 2 is 1.58 bits per heavy atom. The summed E-state index contributed by atoms with van der Waals surface area (Å²) in [5.41, 5.74) is 0.338. The quantitative estimate of drug-likeness (QED) is 0.647. The van der Waals surface area contributed by atoms with Crippen LogP contribution in [0.3, 0.4) is 0 Å². The Morgan fingerprint density at radius 1 is 1.00 bits per heavy atom. The van der Waals surface area contributed by atoms with Crippen LogP contribution in [0, 0.1) is 5.92 Å². The molecule has 0 aromatic heterocycles. The van der Waals surface area contributed by atoms with Gasteiger partial charge in [-0.05, 0) is 67.3 Å². The molecule has 0 saturated carbocycles. The maximum absolute atomic E-state index is 12.7. The highest BCUT2D eigenvalue weighted by molar-refractivity contribution is 6.34. The maximum Gasteiger partial charge on any atom is 0.416 e. The molecule has 166 valence electrons. The number of alkyl halides is 3. The molecule has 4 nitrogen and oxygen atoms in total. The lowest BCUT2D eigenvalue weighted by atomic mass is 9.95. The number of carbonyl (C=O) groups excluding carboxylic acids is 2. The molecule has 0 aliphatic carbocycles. The van der Waals surface area contributed by atoms with Crippen LogP contribution in [0.2, 0.25) is 10.0 Å². The van der Waals surface area contributed by atoms with Crippen molar-refractivity contribution in [2.75, 3.05) is 19.6 Å². The minimum Gasteiger partial charge on any atom is -0.356 e. The minimum absolute atomic E-state index is 0.0743. The summed E-state index contributed by atoms with van der Waals surface area (Å²) in [4.78, 5) is 26.5. The van der Waals surface area contributed by atoms with Gasteiger partial charge in [-0.3, -0.25) is 9.59 Å². The monoisotopic (exact) mass is 472 g/mol. The number of likely N-dealkylation sites (tertiary alicyclic amines) is 1. The van der Waals surface area contributed by atoms with E-state index in [1.807, 2.05) is 0 Å². The topological polar surface area (TPSA) is 49.4 Å². The molecule has 0 spiro atoms. The molecule has 1 aliphatic heterocycles. The highest BCUT2D eigenvalue weighted by Gasteiger charge is 2.31. The fraction of sp³-hybridized carbons (Fsp3) is 0.364. The number of nitrogens with zero attached hydrogens (tertiary/aromatic N) is 1. The largest absolute Gasteiger partial charge is 0.416 e. The fourth-order valence-electron chi connectivity index (χ4n) is 3.56. The number of piperidine rings is 1. The molecule has 0 unspecified atom stereocenters. The molecule has 1 fully saturated rings. The van der Waals surface area contributed by atoms with Crippen LogP contribution in [0.15, 0.2) is 42.5 Å². The second-order valence-corrected chi connectivity index (χ2v) is 8.33. The van der Waals surface area contributed by atoms with E-state index in [0.717, 1.165) is 17.7 Å². The van der Waals surface area contributed by atoms with Crippen LogP contribution in [0.5, 0.6) is 0 Å². The van der Waals surface area contributed by atoms with Gasteiger partial charge < -0.3 is 10.2 Å². The Kier molecular flexibility index (Phi) is 7.49. The zero-order valence-corrected chi connectivity index (χ0v) is 18.0. The van der Waals surface area contributed by atoms with Crippen LogP contribution >= 0.6 is 23.2 Å². The highest BCUT2D eigenvalue weighted by atomic mass is 35.5. The molecule has 1 aliphatic rings. The van der Waals surface area contributed by atoms with Gasteiger partial charge in [0.2, 0.25) is 5.91 Å². The predicted octanol–water partition coefficient (Wildman–Crippen LogP) is 5.22. The third kappa shape index (κ3) is 6.37. The van der Waals surface area contributed by atoms with Crippen molar-refractivity contribution in [1.29, 1.82) is 0 Å². The van der Waals surface area contributed by atoms with E-state index in [2.05, 4.69) is 5.32 Å². The Hall–Kier alpha value is -2.25. The van der Waals surface area contributed by atoms with E-state index in [4.69, 9.17) is 23.2 Å². The summed E-state index contributed by atoms with van der Waals surface area (Å²) in [7, 11) is 0. The first-order valence-electron chi connectivity index (χ1n) is 9.82. The van der Waals surface area contributed by atoms with Crippen LogP contribution in [0.25, 0.3) is 0 Å². The maximum atomic E-state index is 12.7. The first kappa shape index (κ1) is 23.4. The Labute approximate surface area is 188 Å². The van der Waals surface area contributed by atoms with Gasteiger partial charge in [-0.1, -0.05) is 23.2 Å². The SMILES string of the molecule is O=C(NCCc1cc(Cl)cc(Cl)c1)C1CCN(C(=O)c2ccc(C(F)(F)F)cc2)CC1. The van der Waals surface area contributed by atoms with Gasteiger partial charge in [0.15, 0.2) is 0 Å². The molecule has 1 heterocycles. The van der Waals surface area contributed by atoms with Crippen LogP contribution in [-0.4, -0.2) is 36.3 Å². The summed E-state index contributed by atoms with van der Waals surface area (Å²) in [5.74, 6) is -0.611. The van der Waals surface area contributed by atoms with Crippen molar-refractivity contribution < 1.29 is 22.8 Å². The molecular weight excluding hydrogens is 452 g/mol. The van der Waals surface area contributed by atoms with Crippen LogP contribution in [0.1, 0.15) is 34.3 Å². The first-order chi connectivity index (χ1) is 14.6. The standard InChI is InChI=1S/C22H21Cl2F3N2O2/c23-18-11-14(12-19(24)13-18)5-8-28-20(30)15-6-9-29(10-7-15)21(31)16-1-3-17(4-2-16)22(25,26)27/h1-4,11-13,15H,5-10H2,(H,28,30). The summed E-state index contributed by atoms with van der Waals surface area (Å²) in [6, 6.07) is 9.42. The predicted molar refractivity (Wildman–Crippen MR) is 113 cm³/mol. The van der Waals surface area contributed by atoms with Crippen molar-refractivity contribution in [3.05, 3.63) is 69.2 Å². The number of nitrogens with one attached hydrogen (secondary N) is 1. The van der Waals surface area contributed by atoms with E-state index in [1.54, 1.807) is 23.1 Å². The molecule has 0 bridgehead atoms. The third-order valence-corrected chi connectivity index (χ3v) is 5.68. The number of carbonyl (C=O) groups is 2. The normalized spacial score (nSPS) is 15.1. The van der Waals surface area contributed by atoms with Gasteiger partial charge in [0.05, 0.1) is 5.56 Å². The van der Waals surface area contributed by atoms with Crippen molar-refractivity contribution in [3.8, 4) is 0 Å². The molecule has 2 amide bonds. The van der Waals surface area contributed by atoms with E-state index in [9.17, 15) is 22.8 Å². The molecule has 2 aromatic rings. The van der Waals surface area contributed by atoms with E-state index in [0.29, 0.717) is 48.9 Å². The zero-order chi connectivity index (χ0) is 22.6. The molecule has 2 aromatic carbocycles. The Morgan fingerprint density at radius 3 is 2.13 bits per heavy atom. The van der Waals surface area contributed by atoms with Crippen LogP contribution < -0.4 is 5.32 Å². The number of halogens is 5. The van der Waals surface area contributed by atoms with Crippen molar-refractivity contribution in [2.45, 2.75) is 25.4 Å². The number of hydrogen-bond donors (Lipinski definition) is 1. The van der Waals surface area contributed by atoms with Gasteiger partial charge in [0.25, 0.3) is 5.91 Å². The average Bonchev–Trinajstić information content (AvgIpc) is 2.72. The first-order valence-corrected chi connectivity index (χ1v) is 10.6. The Bertz CT molecular complexity index is 921. The third-order valence-electron chi connectivity index (χ3n) is 5.25. The molecule has 31 heavy (non-hydrogen) atoms. The van der Waals surface area contributed by atoms with Crippen molar-refractivity contribution in [1.82, 2.24) is 10.2 Å². The van der Waals surface area contributed by atoms with E-state index in [1.165, 1.54) is 12.1 Å². The van der Waals surface area contributed by atoms with Gasteiger partial charge in [0.1, 0.15) is 0 Å². The molecule has 1 saturated heterocycles. The number of benzene rings is 2. The molecule has 0 atom stereocenters. The number of amides is 2. The van der Waals surface area contributed by atoms with Gasteiger partial charge in [0, 0.05) is 41.2 Å². The summed E-state index contributed by atoms with van der Waals surface area (Å²) in [6.45, 7) is 1.20. The van der Waals surface area contributed by atoms with Crippen LogP contribution in [0.4, 0.5) is 13.2 Å². The van der Waals surface area contributed by atoms with E-state index >= 15 is 0 Å². The van der Waals surface area contributed by atoms with Crippen molar-refractivity contribution >= 4 is 35.0 Å². The lowest BCUT2D eigenvalue weighted by Crippen LogP contribution is -2.43. The second kappa shape index (κ2) is 9.92. The molecule has 9 heteroatoms. The molecule has 1 N–H and O–H groups in total. The lowest BCUT2D eigenvalue weighted by Gasteiger charge is -2.31. The average molecular weight is 473 g/mol. The fourth-order valence-corrected chi connectivity index (χ4v) is 4.13. The van der Waals surface area contributed by atoms with E-state index < -0.39 is 11.7 Å².